The van der Waals surface area contributed by atoms with E-state index in [1.165, 1.54) is 37.5 Å². The summed E-state index contributed by atoms with van der Waals surface area (Å²) in [5, 5.41) is 5.63. The number of carbonyl (C=O) groups is 1. The van der Waals surface area contributed by atoms with Gasteiger partial charge in [0.05, 0.1) is 0 Å². The van der Waals surface area contributed by atoms with E-state index in [4.69, 9.17) is 4.74 Å². The molecule has 0 aromatic heterocycles. The number of rotatable bonds is 4. The first-order valence-corrected chi connectivity index (χ1v) is 9.65. The van der Waals surface area contributed by atoms with Crippen LogP contribution in [0.25, 0.3) is 10.8 Å². The second kappa shape index (κ2) is 6.05. The second-order valence-electron chi connectivity index (χ2n) is 8.32. The van der Waals surface area contributed by atoms with Crippen molar-refractivity contribution >= 4 is 16.7 Å². The van der Waals surface area contributed by atoms with Crippen molar-refractivity contribution in [2.75, 3.05) is 6.61 Å². The number of benzene rings is 2. The number of nitrogens with one attached hydrogen (secondary N) is 1. The molecular weight excluding hydrogens is 310 g/mol. The normalized spacial score (nSPS) is 32.7. The molecule has 4 fully saturated rings. The maximum Gasteiger partial charge on any atom is 0.258 e. The Morgan fingerprint density at radius 1 is 0.920 bits per heavy atom. The fourth-order valence-corrected chi connectivity index (χ4v) is 5.79. The molecule has 2 aromatic rings. The summed E-state index contributed by atoms with van der Waals surface area (Å²) in [4.78, 5) is 12.4. The predicted molar refractivity (Wildman–Crippen MR) is 98.4 cm³/mol. The minimum absolute atomic E-state index is 0.0330. The van der Waals surface area contributed by atoms with Gasteiger partial charge in [-0.1, -0.05) is 30.3 Å². The lowest BCUT2D eigenvalue weighted by Crippen LogP contribution is -2.56. The Balaban J connectivity index is 1.20. The van der Waals surface area contributed by atoms with Gasteiger partial charge in [-0.2, -0.15) is 0 Å². The van der Waals surface area contributed by atoms with E-state index < -0.39 is 0 Å². The van der Waals surface area contributed by atoms with Crippen LogP contribution in [0.1, 0.15) is 32.1 Å². The summed E-state index contributed by atoms with van der Waals surface area (Å²) in [6, 6.07) is 14.6. The molecule has 4 bridgehead atoms. The van der Waals surface area contributed by atoms with E-state index >= 15 is 0 Å². The summed E-state index contributed by atoms with van der Waals surface area (Å²) < 4.78 is 5.76. The van der Waals surface area contributed by atoms with Crippen molar-refractivity contribution in [3.05, 3.63) is 42.5 Å². The van der Waals surface area contributed by atoms with Crippen molar-refractivity contribution < 1.29 is 9.53 Å². The third kappa shape index (κ3) is 2.90. The molecule has 3 nitrogen and oxygen atoms in total. The third-order valence-electron chi connectivity index (χ3n) is 6.65. The van der Waals surface area contributed by atoms with E-state index in [9.17, 15) is 4.79 Å². The molecule has 0 radical (unpaired) electrons. The van der Waals surface area contributed by atoms with E-state index in [-0.39, 0.29) is 12.5 Å². The number of ether oxygens (including phenoxy) is 1. The van der Waals surface area contributed by atoms with Crippen molar-refractivity contribution in [1.29, 1.82) is 0 Å². The number of carbonyl (C=O) groups excluding carboxylic acids is 1. The van der Waals surface area contributed by atoms with E-state index in [0.29, 0.717) is 17.9 Å². The van der Waals surface area contributed by atoms with Crippen LogP contribution in [0, 0.1) is 23.7 Å². The molecule has 1 N–H and O–H groups in total. The zero-order valence-electron chi connectivity index (χ0n) is 14.5. The molecule has 4 aliphatic rings. The Bertz CT molecular complexity index is 771. The van der Waals surface area contributed by atoms with Crippen molar-refractivity contribution in [3.8, 4) is 5.75 Å². The largest absolute Gasteiger partial charge is 0.484 e. The van der Waals surface area contributed by atoms with Gasteiger partial charge in [-0.25, -0.2) is 0 Å². The summed E-state index contributed by atoms with van der Waals surface area (Å²) in [6.07, 6.45) is 6.73. The lowest BCUT2D eigenvalue weighted by molar-refractivity contribution is -0.127. The van der Waals surface area contributed by atoms with Crippen LogP contribution in [0.5, 0.6) is 5.75 Å². The predicted octanol–water partition coefficient (Wildman–Crippen LogP) is 4.16. The van der Waals surface area contributed by atoms with Crippen molar-refractivity contribution in [1.82, 2.24) is 5.32 Å². The monoisotopic (exact) mass is 335 g/mol. The van der Waals surface area contributed by atoms with Crippen LogP contribution in [0.2, 0.25) is 0 Å². The van der Waals surface area contributed by atoms with Gasteiger partial charge in [0.15, 0.2) is 6.61 Å². The van der Waals surface area contributed by atoms with Crippen molar-refractivity contribution in [2.45, 2.75) is 38.1 Å². The highest BCUT2D eigenvalue weighted by Gasteiger charge is 2.48. The zero-order chi connectivity index (χ0) is 16.8. The van der Waals surface area contributed by atoms with Gasteiger partial charge in [-0.3, -0.25) is 4.79 Å². The summed E-state index contributed by atoms with van der Waals surface area (Å²) in [7, 11) is 0. The second-order valence-corrected chi connectivity index (χ2v) is 8.32. The topological polar surface area (TPSA) is 38.3 Å². The Kier molecular flexibility index (Phi) is 3.69. The molecular formula is C22H25NO2. The Labute approximate surface area is 148 Å². The third-order valence-corrected chi connectivity index (χ3v) is 6.65. The summed E-state index contributed by atoms with van der Waals surface area (Å²) in [5.74, 6) is 4.08. The van der Waals surface area contributed by atoms with Gasteiger partial charge in [0.2, 0.25) is 0 Å². The van der Waals surface area contributed by atoms with Gasteiger partial charge in [-0.05, 0) is 78.7 Å². The quantitative estimate of drug-likeness (QED) is 0.911. The van der Waals surface area contributed by atoms with Gasteiger partial charge in [0.1, 0.15) is 5.75 Å². The fourth-order valence-electron chi connectivity index (χ4n) is 5.79. The van der Waals surface area contributed by atoms with E-state index in [2.05, 4.69) is 17.4 Å². The van der Waals surface area contributed by atoms with Gasteiger partial charge >= 0.3 is 0 Å². The lowest BCUT2D eigenvalue weighted by Gasteiger charge is -2.54. The van der Waals surface area contributed by atoms with Gasteiger partial charge in [-0.15, -0.1) is 0 Å². The van der Waals surface area contributed by atoms with Gasteiger partial charge in [0, 0.05) is 6.04 Å². The minimum atomic E-state index is 0.0330. The van der Waals surface area contributed by atoms with E-state index in [1.54, 1.807) is 0 Å². The fraction of sp³-hybridized carbons (Fsp3) is 0.500. The van der Waals surface area contributed by atoms with Crippen LogP contribution in [0.4, 0.5) is 0 Å². The zero-order valence-corrected chi connectivity index (χ0v) is 14.5. The van der Waals surface area contributed by atoms with E-state index in [0.717, 1.165) is 23.0 Å². The Hall–Kier alpha value is -2.03. The highest BCUT2D eigenvalue weighted by molar-refractivity contribution is 5.84. The molecule has 4 aliphatic carbocycles. The maximum atomic E-state index is 12.4. The van der Waals surface area contributed by atoms with Crippen LogP contribution in [-0.2, 0) is 4.79 Å². The smallest absolute Gasteiger partial charge is 0.258 e. The molecule has 4 saturated carbocycles. The molecule has 0 saturated heterocycles. The van der Waals surface area contributed by atoms with Gasteiger partial charge in [0.25, 0.3) is 5.91 Å². The van der Waals surface area contributed by atoms with Crippen molar-refractivity contribution in [3.63, 3.8) is 0 Å². The maximum absolute atomic E-state index is 12.4. The van der Waals surface area contributed by atoms with Crippen molar-refractivity contribution in [2.24, 2.45) is 23.7 Å². The average molecular weight is 335 g/mol. The van der Waals surface area contributed by atoms with Crippen LogP contribution < -0.4 is 10.1 Å². The molecule has 2 aromatic carbocycles. The number of amides is 1. The lowest BCUT2D eigenvalue weighted by atomic mass is 9.54. The SMILES string of the molecule is O=C(COc1ccc2ccccc2c1)NC1C2CC3CC(C2)CC1C3. The summed E-state index contributed by atoms with van der Waals surface area (Å²) in [6.45, 7) is 0.112. The molecule has 0 heterocycles. The molecule has 0 aliphatic heterocycles. The average Bonchev–Trinajstić information content (AvgIpc) is 2.62. The van der Waals surface area contributed by atoms with Crippen LogP contribution in [-0.4, -0.2) is 18.6 Å². The summed E-state index contributed by atoms with van der Waals surface area (Å²) >= 11 is 0. The first-order valence-electron chi connectivity index (χ1n) is 9.65. The standard InChI is InChI=1S/C22H25NO2/c24-21(13-25-20-6-5-16-3-1-2-4-17(16)12-20)23-22-18-8-14-7-15(10-18)11-19(22)9-14/h1-6,12,14-15,18-19,22H,7-11,13H2,(H,23,24). The number of hydrogen-bond acceptors (Lipinski definition) is 2. The van der Waals surface area contributed by atoms with Gasteiger partial charge < -0.3 is 10.1 Å². The molecule has 3 heteroatoms. The number of fused-ring (bicyclic) bond motifs is 1. The minimum Gasteiger partial charge on any atom is -0.484 e. The Morgan fingerprint density at radius 2 is 1.60 bits per heavy atom. The summed E-state index contributed by atoms with van der Waals surface area (Å²) in [5.41, 5.74) is 0. The molecule has 0 atom stereocenters. The molecule has 25 heavy (non-hydrogen) atoms. The first-order chi connectivity index (χ1) is 12.2. The highest BCUT2D eigenvalue weighted by atomic mass is 16.5. The Morgan fingerprint density at radius 3 is 2.32 bits per heavy atom. The highest BCUT2D eigenvalue weighted by Crippen LogP contribution is 2.53. The van der Waals surface area contributed by atoms with Crippen LogP contribution in [0.3, 0.4) is 0 Å². The van der Waals surface area contributed by atoms with Crippen LogP contribution in [0.15, 0.2) is 42.5 Å². The van der Waals surface area contributed by atoms with E-state index in [1.807, 2.05) is 30.3 Å². The molecule has 6 rings (SSSR count). The molecule has 0 unspecified atom stereocenters. The molecule has 130 valence electrons. The van der Waals surface area contributed by atoms with Crippen LogP contribution >= 0.6 is 0 Å². The number of hydrogen-bond donors (Lipinski definition) is 1. The molecule has 0 spiro atoms. The molecule has 1 amide bonds. The first kappa shape index (κ1) is 15.2.